The van der Waals surface area contributed by atoms with Gasteiger partial charge in [-0.1, -0.05) is 18.2 Å². The highest BCUT2D eigenvalue weighted by Crippen LogP contribution is 2.62. The lowest BCUT2D eigenvalue weighted by atomic mass is 9.50. The summed E-state index contributed by atoms with van der Waals surface area (Å²) in [5.74, 6) is -1.83. The molecule has 1 aromatic rings. The molecule has 3 aliphatic rings. The van der Waals surface area contributed by atoms with E-state index in [0.29, 0.717) is 32.1 Å². The molecule has 0 radical (unpaired) electrons. The minimum Gasteiger partial charge on any atom is -0.465 e. The Morgan fingerprint density at radius 2 is 2.00 bits per heavy atom. The van der Waals surface area contributed by atoms with E-state index in [9.17, 15) is 14.4 Å². The molecule has 0 N–H and O–H groups in total. The Morgan fingerprint density at radius 1 is 1.27 bits per heavy atom. The van der Waals surface area contributed by atoms with Crippen molar-refractivity contribution in [3.63, 3.8) is 0 Å². The monoisotopic (exact) mass is 359 g/mol. The maximum atomic E-state index is 13.0. The minimum atomic E-state index is -1.42. The minimum absolute atomic E-state index is 0.0391. The Hall–Kier alpha value is -2.41. The first-order valence-electron chi connectivity index (χ1n) is 8.94. The third kappa shape index (κ3) is 2.34. The number of rotatable bonds is 3. The molecule has 1 aromatic carbocycles. The molecule has 0 bridgehead atoms. The fourth-order valence-electron chi connectivity index (χ4n) is 4.29. The Labute approximate surface area is 151 Å². The van der Waals surface area contributed by atoms with Crippen LogP contribution >= 0.6 is 0 Å². The number of morpholine rings is 1. The lowest BCUT2D eigenvalue weighted by Crippen LogP contribution is -2.64. The van der Waals surface area contributed by atoms with E-state index in [0.717, 1.165) is 5.56 Å². The summed E-state index contributed by atoms with van der Waals surface area (Å²) in [5, 5.41) is 0. The first kappa shape index (κ1) is 17.0. The van der Waals surface area contributed by atoms with Crippen LogP contribution in [-0.4, -0.2) is 55.7 Å². The summed E-state index contributed by atoms with van der Waals surface area (Å²) in [6, 6.07) is 7.10. The second-order valence-electron chi connectivity index (χ2n) is 6.85. The fourth-order valence-corrected chi connectivity index (χ4v) is 4.29. The second kappa shape index (κ2) is 6.39. The summed E-state index contributed by atoms with van der Waals surface area (Å²) in [7, 11) is 0. The Balaban J connectivity index is 1.71. The molecule has 7 nitrogen and oxygen atoms in total. The summed E-state index contributed by atoms with van der Waals surface area (Å²) < 4.78 is 15.9. The summed E-state index contributed by atoms with van der Waals surface area (Å²) in [4.78, 5) is 40.2. The van der Waals surface area contributed by atoms with Crippen molar-refractivity contribution in [3.8, 4) is 5.75 Å². The molecule has 1 saturated carbocycles. The maximum absolute atomic E-state index is 13.0. The van der Waals surface area contributed by atoms with Crippen LogP contribution in [0, 0.1) is 11.3 Å². The summed E-state index contributed by atoms with van der Waals surface area (Å²) in [6.07, 6.45) is 0.125. The molecule has 0 spiro atoms. The molecule has 1 saturated heterocycles. The van der Waals surface area contributed by atoms with Crippen LogP contribution in [0.5, 0.6) is 5.75 Å². The Kier molecular flexibility index (Phi) is 4.19. The van der Waals surface area contributed by atoms with E-state index < -0.39 is 29.2 Å². The molecule has 0 unspecified atom stereocenters. The number of benzene rings is 1. The van der Waals surface area contributed by atoms with Crippen molar-refractivity contribution < 1.29 is 28.6 Å². The van der Waals surface area contributed by atoms with E-state index in [1.807, 2.05) is 12.1 Å². The van der Waals surface area contributed by atoms with Gasteiger partial charge in [-0.3, -0.25) is 14.4 Å². The normalized spacial score (nSPS) is 29.7. The van der Waals surface area contributed by atoms with Crippen LogP contribution in [-0.2, 0) is 23.9 Å². The fraction of sp³-hybridized carbons (Fsp3) is 0.526. The van der Waals surface area contributed by atoms with E-state index >= 15 is 0 Å². The molecule has 0 aromatic heterocycles. The molecule has 1 amide bonds. The number of nitrogens with zero attached hydrogens (tertiary/aromatic N) is 1. The van der Waals surface area contributed by atoms with Gasteiger partial charge in [0, 0.05) is 30.5 Å². The van der Waals surface area contributed by atoms with Gasteiger partial charge in [-0.05, 0) is 19.4 Å². The van der Waals surface area contributed by atoms with Gasteiger partial charge in [0.15, 0.2) is 5.41 Å². The number of para-hydroxylation sites is 1. The smallest absolute Gasteiger partial charge is 0.329 e. The first-order valence-corrected chi connectivity index (χ1v) is 8.94. The van der Waals surface area contributed by atoms with E-state index in [1.54, 1.807) is 24.0 Å². The average Bonchev–Trinajstić information content (AvgIpc) is 2.63. The lowest BCUT2D eigenvalue weighted by Gasteiger charge is -2.53. The highest BCUT2D eigenvalue weighted by Gasteiger charge is 2.70. The molecule has 2 aliphatic heterocycles. The van der Waals surface area contributed by atoms with Crippen molar-refractivity contribution >= 4 is 17.8 Å². The predicted molar refractivity (Wildman–Crippen MR) is 89.4 cm³/mol. The van der Waals surface area contributed by atoms with E-state index in [1.165, 1.54) is 0 Å². The van der Waals surface area contributed by atoms with Crippen LogP contribution in [0.3, 0.4) is 0 Å². The molecule has 2 fully saturated rings. The summed E-state index contributed by atoms with van der Waals surface area (Å²) in [5.41, 5.74) is -0.699. The standard InChI is InChI=1S/C19H21NO6/c1-2-25-17(22)19-11-13(16(21)20-7-9-24-10-8-20)15(19)12-5-3-4-6-14(12)26-18(19)23/h3-6,13,15H,2,7-11H2,1H3/t13-,15+,19-/m0/s1. The second-order valence-corrected chi connectivity index (χ2v) is 6.85. The number of hydrogen-bond donors (Lipinski definition) is 0. The van der Waals surface area contributed by atoms with Gasteiger partial charge in [0.2, 0.25) is 5.91 Å². The molecule has 2 heterocycles. The van der Waals surface area contributed by atoms with Gasteiger partial charge in [0.25, 0.3) is 0 Å². The molecule has 26 heavy (non-hydrogen) atoms. The molecule has 7 heteroatoms. The topological polar surface area (TPSA) is 82.1 Å². The van der Waals surface area contributed by atoms with E-state index in [4.69, 9.17) is 14.2 Å². The van der Waals surface area contributed by atoms with Gasteiger partial charge in [-0.25, -0.2) is 0 Å². The van der Waals surface area contributed by atoms with E-state index in [-0.39, 0.29) is 18.9 Å². The number of carbonyl (C=O) groups excluding carboxylic acids is 3. The van der Waals surface area contributed by atoms with Gasteiger partial charge < -0.3 is 19.1 Å². The molecule has 3 atom stereocenters. The third-order valence-electron chi connectivity index (χ3n) is 5.58. The zero-order chi connectivity index (χ0) is 18.3. The first-order chi connectivity index (χ1) is 12.6. The molecular weight excluding hydrogens is 338 g/mol. The van der Waals surface area contributed by atoms with Crippen LogP contribution in [0.1, 0.15) is 24.8 Å². The Bertz CT molecular complexity index is 756. The van der Waals surface area contributed by atoms with Gasteiger partial charge >= 0.3 is 11.9 Å². The number of amides is 1. The number of hydrogen-bond acceptors (Lipinski definition) is 6. The van der Waals surface area contributed by atoms with Crippen molar-refractivity contribution in [2.75, 3.05) is 32.9 Å². The van der Waals surface area contributed by atoms with E-state index in [2.05, 4.69) is 0 Å². The SMILES string of the molecule is CCOC(=O)[C@]12C[C@H](C(=O)N3CCOCC3)[C@H]1c1ccccc1OC2=O. The number of ether oxygens (including phenoxy) is 3. The van der Waals surface area contributed by atoms with Crippen molar-refractivity contribution in [1.29, 1.82) is 0 Å². The van der Waals surface area contributed by atoms with Crippen molar-refractivity contribution in [3.05, 3.63) is 29.8 Å². The maximum Gasteiger partial charge on any atom is 0.329 e. The average molecular weight is 359 g/mol. The quantitative estimate of drug-likeness (QED) is 0.457. The zero-order valence-corrected chi connectivity index (χ0v) is 14.6. The van der Waals surface area contributed by atoms with Crippen LogP contribution in [0.15, 0.2) is 24.3 Å². The number of fused-ring (bicyclic) bond motifs is 3. The molecule has 1 aliphatic carbocycles. The van der Waals surface area contributed by atoms with Crippen molar-refractivity contribution in [2.45, 2.75) is 19.3 Å². The van der Waals surface area contributed by atoms with Gasteiger partial charge in [0.05, 0.1) is 19.8 Å². The van der Waals surface area contributed by atoms with Crippen LogP contribution < -0.4 is 4.74 Å². The van der Waals surface area contributed by atoms with Crippen LogP contribution in [0.4, 0.5) is 0 Å². The molecular formula is C19H21NO6. The predicted octanol–water partition coefficient (Wildman–Crippen LogP) is 1.12. The summed E-state index contributed by atoms with van der Waals surface area (Å²) >= 11 is 0. The third-order valence-corrected chi connectivity index (χ3v) is 5.58. The number of esters is 2. The highest BCUT2D eigenvalue weighted by molar-refractivity contribution is 6.07. The summed E-state index contributed by atoms with van der Waals surface area (Å²) in [6.45, 7) is 3.93. The molecule has 4 rings (SSSR count). The number of carbonyl (C=O) groups is 3. The van der Waals surface area contributed by atoms with Crippen LogP contribution in [0.2, 0.25) is 0 Å². The van der Waals surface area contributed by atoms with Gasteiger partial charge in [-0.2, -0.15) is 0 Å². The molecule has 138 valence electrons. The lowest BCUT2D eigenvalue weighted by molar-refractivity contribution is -0.187. The van der Waals surface area contributed by atoms with Crippen LogP contribution in [0.25, 0.3) is 0 Å². The van der Waals surface area contributed by atoms with Crippen molar-refractivity contribution in [1.82, 2.24) is 4.90 Å². The largest absolute Gasteiger partial charge is 0.465 e. The zero-order valence-electron chi connectivity index (χ0n) is 14.6. The Morgan fingerprint density at radius 3 is 2.73 bits per heavy atom. The highest BCUT2D eigenvalue weighted by atomic mass is 16.6. The van der Waals surface area contributed by atoms with Gasteiger partial charge in [-0.15, -0.1) is 0 Å². The van der Waals surface area contributed by atoms with Gasteiger partial charge in [0.1, 0.15) is 5.75 Å². The van der Waals surface area contributed by atoms with Crippen molar-refractivity contribution in [2.24, 2.45) is 11.3 Å².